The molecule has 0 atom stereocenters. The summed E-state index contributed by atoms with van der Waals surface area (Å²) in [5, 5.41) is 12.0. The van der Waals surface area contributed by atoms with Crippen LogP contribution in [0.3, 0.4) is 0 Å². The summed E-state index contributed by atoms with van der Waals surface area (Å²) in [4.78, 5) is 23.0. The molecule has 1 fully saturated rings. The summed E-state index contributed by atoms with van der Waals surface area (Å²) in [6.45, 7) is 4.14. The van der Waals surface area contributed by atoms with Gasteiger partial charge >= 0.3 is 5.97 Å². The van der Waals surface area contributed by atoms with Crippen molar-refractivity contribution in [2.24, 2.45) is 5.92 Å². The second-order valence-electron chi connectivity index (χ2n) is 6.38. The quantitative estimate of drug-likeness (QED) is 0.878. The first kappa shape index (κ1) is 16.5. The van der Waals surface area contributed by atoms with Crippen molar-refractivity contribution in [3.8, 4) is 0 Å². The van der Waals surface area contributed by atoms with Gasteiger partial charge in [0.15, 0.2) is 0 Å². The molecule has 120 valence electrons. The topological polar surface area (TPSA) is 66.4 Å². The van der Waals surface area contributed by atoms with Crippen LogP contribution >= 0.6 is 0 Å². The molecule has 1 amide bonds. The fraction of sp³-hybridized carbons (Fsp3) is 0.556. The van der Waals surface area contributed by atoms with E-state index in [1.165, 1.54) is 16.7 Å². The van der Waals surface area contributed by atoms with Gasteiger partial charge in [-0.05, 0) is 57.1 Å². The molecule has 0 radical (unpaired) electrons. The Kier molecular flexibility index (Phi) is 5.58. The van der Waals surface area contributed by atoms with Gasteiger partial charge in [0.1, 0.15) is 0 Å². The van der Waals surface area contributed by atoms with E-state index in [4.69, 9.17) is 5.11 Å². The third-order valence-electron chi connectivity index (χ3n) is 4.56. The fourth-order valence-corrected chi connectivity index (χ4v) is 3.16. The summed E-state index contributed by atoms with van der Waals surface area (Å²) >= 11 is 0. The van der Waals surface area contributed by atoms with Gasteiger partial charge in [-0.15, -0.1) is 0 Å². The van der Waals surface area contributed by atoms with Gasteiger partial charge in [0.2, 0.25) is 5.91 Å². The number of aliphatic carboxylic acids is 1. The highest BCUT2D eigenvalue weighted by Crippen LogP contribution is 2.24. The molecule has 1 aliphatic carbocycles. The summed E-state index contributed by atoms with van der Waals surface area (Å²) < 4.78 is 0. The van der Waals surface area contributed by atoms with E-state index in [2.05, 4.69) is 37.4 Å². The van der Waals surface area contributed by atoms with E-state index < -0.39 is 5.97 Å². The molecular weight excluding hydrogens is 278 g/mol. The average Bonchev–Trinajstić information content (AvgIpc) is 2.47. The van der Waals surface area contributed by atoms with Crippen LogP contribution in [0, 0.1) is 19.8 Å². The Bertz CT molecular complexity index is 545. The van der Waals surface area contributed by atoms with Gasteiger partial charge in [0, 0.05) is 12.5 Å². The Labute approximate surface area is 131 Å². The number of nitrogens with one attached hydrogen (secondary N) is 1. The first-order valence-corrected chi connectivity index (χ1v) is 8.04. The summed E-state index contributed by atoms with van der Waals surface area (Å²) in [6.07, 6.45) is 4.11. The molecule has 0 bridgehead atoms. The smallest absolute Gasteiger partial charge is 0.306 e. The Morgan fingerprint density at radius 2 is 1.86 bits per heavy atom. The van der Waals surface area contributed by atoms with E-state index in [9.17, 15) is 9.59 Å². The predicted molar refractivity (Wildman–Crippen MR) is 85.8 cm³/mol. The van der Waals surface area contributed by atoms with Crippen molar-refractivity contribution in [3.63, 3.8) is 0 Å². The number of amides is 1. The van der Waals surface area contributed by atoms with Crippen molar-refractivity contribution in [1.29, 1.82) is 0 Å². The van der Waals surface area contributed by atoms with Crippen LogP contribution in [0.2, 0.25) is 0 Å². The molecule has 0 aromatic heterocycles. The van der Waals surface area contributed by atoms with Crippen LogP contribution < -0.4 is 5.32 Å². The van der Waals surface area contributed by atoms with Crippen molar-refractivity contribution in [1.82, 2.24) is 5.32 Å². The zero-order valence-electron chi connectivity index (χ0n) is 13.4. The van der Waals surface area contributed by atoms with Gasteiger partial charge in [-0.1, -0.05) is 23.8 Å². The standard InChI is InChI=1S/C18H25NO3/c1-12-3-4-14(13(2)11-12)7-10-17(20)19-16-8-5-15(6-9-16)18(21)22/h3-4,11,15-16H,5-10H2,1-2H3,(H,19,20)(H,21,22). The molecule has 0 saturated heterocycles. The van der Waals surface area contributed by atoms with E-state index in [-0.39, 0.29) is 17.9 Å². The third kappa shape index (κ3) is 4.58. The molecule has 4 nitrogen and oxygen atoms in total. The van der Waals surface area contributed by atoms with Gasteiger partial charge in [0.05, 0.1) is 5.92 Å². The van der Waals surface area contributed by atoms with Crippen molar-refractivity contribution in [2.75, 3.05) is 0 Å². The highest BCUT2D eigenvalue weighted by molar-refractivity contribution is 5.76. The lowest BCUT2D eigenvalue weighted by Crippen LogP contribution is -2.38. The molecule has 2 rings (SSSR count). The molecule has 2 N–H and O–H groups in total. The monoisotopic (exact) mass is 303 g/mol. The molecule has 1 aliphatic rings. The van der Waals surface area contributed by atoms with Gasteiger partial charge < -0.3 is 10.4 Å². The predicted octanol–water partition coefficient (Wildman–Crippen LogP) is 3.00. The lowest BCUT2D eigenvalue weighted by molar-refractivity contribution is -0.142. The zero-order valence-corrected chi connectivity index (χ0v) is 13.4. The molecule has 1 aromatic carbocycles. The first-order chi connectivity index (χ1) is 10.5. The Morgan fingerprint density at radius 1 is 1.18 bits per heavy atom. The molecule has 4 heteroatoms. The molecule has 0 heterocycles. The minimum absolute atomic E-state index is 0.0683. The lowest BCUT2D eigenvalue weighted by Gasteiger charge is -2.26. The number of hydrogen-bond donors (Lipinski definition) is 2. The summed E-state index contributed by atoms with van der Waals surface area (Å²) in [6, 6.07) is 6.45. The summed E-state index contributed by atoms with van der Waals surface area (Å²) in [7, 11) is 0. The molecular formula is C18H25NO3. The van der Waals surface area contributed by atoms with E-state index in [1.807, 2.05) is 0 Å². The van der Waals surface area contributed by atoms with E-state index >= 15 is 0 Å². The van der Waals surface area contributed by atoms with Crippen LogP contribution in [-0.4, -0.2) is 23.0 Å². The summed E-state index contributed by atoms with van der Waals surface area (Å²) in [5.74, 6) is -0.873. The number of carbonyl (C=O) groups is 2. The van der Waals surface area contributed by atoms with Gasteiger partial charge in [-0.25, -0.2) is 0 Å². The molecule has 1 aromatic rings. The van der Waals surface area contributed by atoms with Crippen LogP contribution in [0.25, 0.3) is 0 Å². The molecule has 1 saturated carbocycles. The lowest BCUT2D eigenvalue weighted by atomic mass is 9.86. The van der Waals surface area contributed by atoms with E-state index in [0.29, 0.717) is 19.3 Å². The summed E-state index contributed by atoms with van der Waals surface area (Å²) in [5.41, 5.74) is 3.69. The normalized spacial score (nSPS) is 21.4. The number of rotatable bonds is 5. The molecule has 0 unspecified atom stereocenters. The molecule has 22 heavy (non-hydrogen) atoms. The van der Waals surface area contributed by atoms with Gasteiger partial charge in [-0.2, -0.15) is 0 Å². The van der Waals surface area contributed by atoms with Crippen LogP contribution in [-0.2, 0) is 16.0 Å². The van der Waals surface area contributed by atoms with Crippen molar-refractivity contribution in [2.45, 2.75) is 58.4 Å². The second kappa shape index (κ2) is 7.43. The highest BCUT2D eigenvalue weighted by Gasteiger charge is 2.26. The number of carbonyl (C=O) groups excluding carboxylic acids is 1. The number of aryl methyl sites for hydroxylation is 3. The molecule has 0 spiro atoms. The number of benzene rings is 1. The largest absolute Gasteiger partial charge is 0.481 e. The zero-order chi connectivity index (χ0) is 16.1. The van der Waals surface area contributed by atoms with Gasteiger partial charge in [-0.3, -0.25) is 9.59 Å². The van der Waals surface area contributed by atoms with Crippen LogP contribution in [0.5, 0.6) is 0 Å². The van der Waals surface area contributed by atoms with E-state index in [0.717, 1.165) is 19.3 Å². The Balaban J connectivity index is 1.75. The van der Waals surface area contributed by atoms with Crippen LogP contribution in [0.1, 0.15) is 48.8 Å². The SMILES string of the molecule is Cc1ccc(CCC(=O)NC2CCC(C(=O)O)CC2)c(C)c1. The van der Waals surface area contributed by atoms with Crippen LogP contribution in [0.15, 0.2) is 18.2 Å². The maximum atomic E-state index is 12.1. The van der Waals surface area contributed by atoms with Crippen molar-refractivity contribution in [3.05, 3.63) is 34.9 Å². The van der Waals surface area contributed by atoms with Crippen molar-refractivity contribution >= 4 is 11.9 Å². The number of carboxylic acid groups (broad SMARTS) is 1. The van der Waals surface area contributed by atoms with Crippen molar-refractivity contribution < 1.29 is 14.7 Å². The number of hydrogen-bond acceptors (Lipinski definition) is 2. The average molecular weight is 303 g/mol. The fourth-order valence-electron chi connectivity index (χ4n) is 3.16. The molecule has 0 aliphatic heterocycles. The maximum absolute atomic E-state index is 12.1. The Hall–Kier alpha value is -1.84. The van der Waals surface area contributed by atoms with E-state index in [1.54, 1.807) is 0 Å². The minimum Gasteiger partial charge on any atom is -0.481 e. The Morgan fingerprint density at radius 3 is 2.45 bits per heavy atom. The van der Waals surface area contributed by atoms with Crippen LogP contribution in [0.4, 0.5) is 0 Å². The minimum atomic E-state index is -0.709. The number of carboxylic acids is 1. The van der Waals surface area contributed by atoms with Gasteiger partial charge in [0.25, 0.3) is 0 Å². The second-order valence-corrected chi connectivity index (χ2v) is 6.38. The third-order valence-corrected chi connectivity index (χ3v) is 4.56. The first-order valence-electron chi connectivity index (χ1n) is 8.04. The maximum Gasteiger partial charge on any atom is 0.306 e. The highest BCUT2D eigenvalue weighted by atomic mass is 16.4.